The molecule has 4 heteroatoms. The van der Waals surface area contributed by atoms with Gasteiger partial charge in [-0.15, -0.1) is 0 Å². The van der Waals surface area contributed by atoms with Gasteiger partial charge in [-0.3, -0.25) is 0 Å². The van der Waals surface area contributed by atoms with Crippen molar-refractivity contribution >= 4 is 0 Å². The molecule has 1 heterocycles. The fraction of sp³-hybridized carbons (Fsp3) is 0.538. The lowest BCUT2D eigenvalue weighted by molar-refractivity contribution is -0.133. The van der Waals surface area contributed by atoms with E-state index in [4.69, 9.17) is 14.2 Å². The first kappa shape index (κ1) is 12.4. The number of aliphatic hydroxyl groups is 1. The van der Waals surface area contributed by atoms with E-state index < -0.39 is 6.10 Å². The van der Waals surface area contributed by atoms with Gasteiger partial charge in [0, 0.05) is 0 Å². The zero-order valence-electron chi connectivity index (χ0n) is 9.96. The number of aliphatic hydroxyl groups excluding tert-OH is 1. The molecule has 0 aromatic heterocycles. The fourth-order valence-corrected chi connectivity index (χ4v) is 1.86. The van der Waals surface area contributed by atoms with E-state index in [2.05, 4.69) is 0 Å². The van der Waals surface area contributed by atoms with Crippen LogP contribution in [0.25, 0.3) is 0 Å². The number of ether oxygens (including phenoxy) is 3. The van der Waals surface area contributed by atoms with Crippen molar-refractivity contribution in [1.82, 2.24) is 0 Å². The Balaban J connectivity index is 2.06. The first-order valence-electron chi connectivity index (χ1n) is 5.91. The van der Waals surface area contributed by atoms with Crippen LogP contribution in [0.4, 0.5) is 0 Å². The average molecular weight is 238 g/mol. The van der Waals surface area contributed by atoms with Crippen molar-refractivity contribution in [2.75, 3.05) is 26.4 Å². The summed E-state index contributed by atoms with van der Waals surface area (Å²) in [5, 5.41) is 10.2. The van der Waals surface area contributed by atoms with Gasteiger partial charge in [-0.1, -0.05) is 12.1 Å². The van der Waals surface area contributed by atoms with Crippen molar-refractivity contribution in [2.24, 2.45) is 0 Å². The third kappa shape index (κ3) is 3.19. The minimum atomic E-state index is -0.671. The molecule has 0 bridgehead atoms. The minimum absolute atomic E-state index is 0.291. The molecule has 0 saturated carbocycles. The normalized spacial score (nSPS) is 22.1. The molecule has 2 unspecified atom stereocenters. The first-order chi connectivity index (χ1) is 8.31. The predicted octanol–water partition coefficient (Wildman–Crippen LogP) is 1.53. The van der Waals surface area contributed by atoms with Crippen molar-refractivity contribution in [3.05, 3.63) is 29.8 Å². The van der Waals surface area contributed by atoms with Gasteiger partial charge in [-0.2, -0.15) is 0 Å². The SMILES string of the molecule is CCOc1cccc(C(O)C2COCCO2)c1. The highest BCUT2D eigenvalue weighted by Gasteiger charge is 2.24. The van der Waals surface area contributed by atoms with Gasteiger partial charge in [0.2, 0.25) is 0 Å². The Kier molecular flexibility index (Phi) is 4.36. The van der Waals surface area contributed by atoms with E-state index >= 15 is 0 Å². The van der Waals surface area contributed by atoms with Crippen LogP contribution in [0, 0.1) is 0 Å². The summed E-state index contributed by atoms with van der Waals surface area (Å²) in [6.07, 6.45) is -0.962. The van der Waals surface area contributed by atoms with Crippen LogP contribution in [0.3, 0.4) is 0 Å². The summed E-state index contributed by atoms with van der Waals surface area (Å²) in [4.78, 5) is 0. The molecular formula is C13H18O4. The van der Waals surface area contributed by atoms with Crippen LogP contribution in [-0.4, -0.2) is 37.6 Å². The molecule has 0 radical (unpaired) electrons. The van der Waals surface area contributed by atoms with Gasteiger partial charge in [0.15, 0.2) is 0 Å². The Morgan fingerprint density at radius 3 is 3.06 bits per heavy atom. The van der Waals surface area contributed by atoms with Crippen LogP contribution in [0.15, 0.2) is 24.3 Å². The van der Waals surface area contributed by atoms with E-state index in [9.17, 15) is 5.11 Å². The third-order valence-electron chi connectivity index (χ3n) is 2.70. The highest BCUT2D eigenvalue weighted by molar-refractivity contribution is 5.30. The molecule has 1 N–H and O–H groups in total. The van der Waals surface area contributed by atoms with Gasteiger partial charge in [-0.05, 0) is 24.6 Å². The fourth-order valence-electron chi connectivity index (χ4n) is 1.86. The van der Waals surface area contributed by atoms with Crippen LogP contribution in [-0.2, 0) is 9.47 Å². The van der Waals surface area contributed by atoms with Crippen LogP contribution in [0.1, 0.15) is 18.6 Å². The van der Waals surface area contributed by atoms with Gasteiger partial charge in [-0.25, -0.2) is 0 Å². The number of hydrogen-bond acceptors (Lipinski definition) is 4. The van der Waals surface area contributed by atoms with E-state index in [1.165, 1.54) is 0 Å². The summed E-state index contributed by atoms with van der Waals surface area (Å²) in [6.45, 7) is 4.11. The quantitative estimate of drug-likeness (QED) is 0.864. The summed E-state index contributed by atoms with van der Waals surface area (Å²) in [7, 11) is 0. The molecule has 2 rings (SSSR count). The first-order valence-corrected chi connectivity index (χ1v) is 5.91. The predicted molar refractivity (Wildman–Crippen MR) is 63.1 cm³/mol. The van der Waals surface area contributed by atoms with Crippen molar-refractivity contribution in [3.63, 3.8) is 0 Å². The van der Waals surface area contributed by atoms with Crippen LogP contribution in [0.2, 0.25) is 0 Å². The van der Waals surface area contributed by atoms with E-state index in [1.54, 1.807) is 0 Å². The van der Waals surface area contributed by atoms with Crippen LogP contribution >= 0.6 is 0 Å². The minimum Gasteiger partial charge on any atom is -0.494 e. The highest BCUT2D eigenvalue weighted by atomic mass is 16.6. The van der Waals surface area contributed by atoms with Crippen molar-refractivity contribution in [2.45, 2.75) is 19.1 Å². The molecule has 1 saturated heterocycles. The summed E-state index contributed by atoms with van der Waals surface area (Å²) >= 11 is 0. The lowest BCUT2D eigenvalue weighted by atomic mass is 10.0. The lowest BCUT2D eigenvalue weighted by Gasteiger charge is -2.27. The Morgan fingerprint density at radius 1 is 1.47 bits per heavy atom. The van der Waals surface area contributed by atoms with Gasteiger partial charge < -0.3 is 19.3 Å². The zero-order valence-corrected chi connectivity index (χ0v) is 9.96. The Hall–Kier alpha value is -1.10. The number of rotatable bonds is 4. The summed E-state index contributed by atoms with van der Waals surface area (Å²) in [5.74, 6) is 0.765. The van der Waals surface area contributed by atoms with E-state index in [0.717, 1.165) is 11.3 Å². The zero-order chi connectivity index (χ0) is 12.1. The van der Waals surface area contributed by atoms with E-state index in [0.29, 0.717) is 26.4 Å². The molecule has 1 aromatic rings. The molecule has 2 atom stereocenters. The molecule has 1 aliphatic heterocycles. The molecule has 0 amide bonds. The average Bonchev–Trinajstić information content (AvgIpc) is 2.40. The lowest BCUT2D eigenvalue weighted by Crippen LogP contribution is -2.33. The van der Waals surface area contributed by atoms with Gasteiger partial charge in [0.25, 0.3) is 0 Å². The molecule has 94 valence electrons. The van der Waals surface area contributed by atoms with Crippen molar-refractivity contribution < 1.29 is 19.3 Å². The monoisotopic (exact) mass is 238 g/mol. The Bertz CT molecular complexity index is 347. The van der Waals surface area contributed by atoms with Crippen LogP contribution in [0.5, 0.6) is 5.75 Å². The van der Waals surface area contributed by atoms with E-state index in [1.807, 2.05) is 31.2 Å². The summed E-state index contributed by atoms with van der Waals surface area (Å²) in [6, 6.07) is 7.45. The molecule has 4 nitrogen and oxygen atoms in total. The number of benzene rings is 1. The van der Waals surface area contributed by atoms with Crippen molar-refractivity contribution in [3.8, 4) is 5.75 Å². The Morgan fingerprint density at radius 2 is 2.35 bits per heavy atom. The second kappa shape index (κ2) is 6.00. The smallest absolute Gasteiger partial charge is 0.119 e. The molecule has 1 fully saturated rings. The summed E-state index contributed by atoms with van der Waals surface area (Å²) in [5.41, 5.74) is 0.798. The topological polar surface area (TPSA) is 47.9 Å². The van der Waals surface area contributed by atoms with E-state index in [-0.39, 0.29) is 6.10 Å². The molecule has 0 spiro atoms. The standard InChI is InChI=1S/C13H18O4/c1-2-16-11-5-3-4-10(8-11)13(14)12-9-15-6-7-17-12/h3-5,8,12-14H,2,6-7,9H2,1H3. The van der Waals surface area contributed by atoms with Gasteiger partial charge in [0.1, 0.15) is 18.0 Å². The molecular weight excluding hydrogens is 220 g/mol. The third-order valence-corrected chi connectivity index (χ3v) is 2.70. The van der Waals surface area contributed by atoms with Gasteiger partial charge in [0.05, 0.1) is 26.4 Å². The second-order valence-electron chi connectivity index (χ2n) is 3.93. The van der Waals surface area contributed by atoms with Gasteiger partial charge >= 0.3 is 0 Å². The Labute approximate surface area is 101 Å². The van der Waals surface area contributed by atoms with Crippen LogP contribution < -0.4 is 4.74 Å². The van der Waals surface area contributed by atoms with Crippen molar-refractivity contribution in [1.29, 1.82) is 0 Å². The number of hydrogen-bond donors (Lipinski definition) is 1. The highest BCUT2D eigenvalue weighted by Crippen LogP contribution is 2.24. The molecule has 1 aliphatic rings. The maximum absolute atomic E-state index is 10.2. The maximum atomic E-state index is 10.2. The molecule has 17 heavy (non-hydrogen) atoms. The molecule has 1 aromatic carbocycles. The maximum Gasteiger partial charge on any atom is 0.119 e. The largest absolute Gasteiger partial charge is 0.494 e. The second-order valence-corrected chi connectivity index (χ2v) is 3.93. The summed E-state index contributed by atoms with van der Waals surface area (Å²) < 4.78 is 16.2. The molecule has 0 aliphatic carbocycles.